The Bertz CT molecular complexity index is 1940. The minimum Gasteiger partial charge on any atom is -0.444 e. The molecule has 0 spiro atoms. The van der Waals surface area contributed by atoms with Gasteiger partial charge in [0.1, 0.15) is 5.60 Å². The van der Waals surface area contributed by atoms with E-state index >= 15 is 0 Å². The second-order valence-electron chi connectivity index (χ2n) is 20.8. The summed E-state index contributed by atoms with van der Waals surface area (Å²) < 4.78 is 5.46. The van der Waals surface area contributed by atoms with E-state index in [-0.39, 0.29) is 24.0 Å². The number of hydrogen-bond acceptors (Lipinski definition) is 5. The van der Waals surface area contributed by atoms with Crippen LogP contribution in [-0.4, -0.2) is 103 Å². The number of nitrogens with zero attached hydrogens (tertiary/aromatic N) is 4. The zero-order valence-electron chi connectivity index (χ0n) is 38.9. The SMILES string of the molecule is CCCN(C)CC1CCC(C(=O)N2CCC3=C(Cc4ccccc43)C2C(C)C)CC1.CN(CC1CCC(C(=O)N2CCC3=C(Cc4ccccc43)C2)CC1)C(=O)OC(C)(C)C. The molecule has 2 heterocycles. The van der Waals surface area contributed by atoms with E-state index in [1.54, 1.807) is 4.90 Å². The number of carbonyl (C=O) groups is 3. The lowest BCUT2D eigenvalue weighted by atomic mass is 9.79. The molecule has 2 aliphatic heterocycles. The first kappa shape index (κ1) is 45.1. The minimum atomic E-state index is -0.472. The van der Waals surface area contributed by atoms with Gasteiger partial charge in [-0.15, -0.1) is 0 Å². The Morgan fingerprint density at radius 1 is 0.738 bits per heavy atom. The lowest BCUT2D eigenvalue weighted by molar-refractivity contribution is -0.139. The predicted molar refractivity (Wildman–Crippen MR) is 248 cm³/mol. The third kappa shape index (κ3) is 10.7. The molecule has 2 saturated carbocycles. The summed E-state index contributed by atoms with van der Waals surface area (Å²) in [6.07, 6.45) is 13.4. The third-order valence-electron chi connectivity index (χ3n) is 14.6. The molecule has 0 aromatic heterocycles. The van der Waals surface area contributed by atoms with Crippen LogP contribution in [0.1, 0.15) is 134 Å². The maximum atomic E-state index is 13.7. The molecule has 2 fully saturated rings. The maximum Gasteiger partial charge on any atom is 0.410 e. The van der Waals surface area contributed by atoms with Gasteiger partial charge in [0.15, 0.2) is 0 Å². The van der Waals surface area contributed by atoms with Crippen LogP contribution in [-0.2, 0) is 27.2 Å². The van der Waals surface area contributed by atoms with Crippen molar-refractivity contribution in [2.75, 3.05) is 53.4 Å². The van der Waals surface area contributed by atoms with Crippen LogP contribution in [0, 0.1) is 29.6 Å². The Hall–Kier alpha value is -3.91. The Kier molecular flexibility index (Phi) is 14.5. The number of benzene rings is 2. The van der Waals surface area contributed by atoms with Crippen molar-refractivity contribution in [2.24, 2.45) is 29.6 Å². The van der Waals surface area contributed by atoms with Gasteiger partial charge < -0.3 is 24.3 Å². The first-order valence-corrected chi connectivity index (χ1v) is 24.0. The van der Waals surface area contributed by atoms with Gasteiger partial charge in [-0.3, -0.25) is 9.59 Å². The molecule has 332 valence electrons. The van der Waals surface area contributed by atoms with E-state index < -0.39 is 5.60 Å². The second kappa shape index (κ2) is 19.6. The fraction of sp³-hybridized carbons (Fsp3) is 0.642. The fourth-order valence-corrected chi connectivity index (χ4v) is 11.7. The van der Waals surface area contributed by atoms with Crippen molar-refractivity contribution in [1.82, 2.24) is 19.6 Å². The van der Waals surface area contributed by atoms with E-state index in [2.05, 4.69) is 91.0 Å². The summed E-state index contributed by atoms with van der Waals surface area (Å²) in [5.41, 5.74) is 11.2. The molecule has 2 aromatic rings. The van der Waals surface area contributed by atoms with Gasteiger partial charge in [-0.25, -0.2) is 4.79 Å². The fourth-order valence-electron chi connectivity index (χ4n) is 11.7. The number of rotatable bonds is 9. The lowest BCUT2D eigenvalue weighted by Crippen LogP contribution is -2.50. The van der Waals surface area contributed by atoms with Gasteiger partial charge in [0, 0.05) is 51.6 Å². The number of ether oxygens (including phenoxy) is 1. The van der Waals surface area contributed by atoms with Crippen molar-refractivity contribution in [2.45, 2.75) is 137 Å². The smallest absolute Gasteiger partial charge is 0.410 e. The van der Waals surface area contributed by atoms with Gasteiger partial charge in [0.2, 0.25) is 11.8 Å². The highest BCUT2D eigenvalue weighted by atomic mass is 16.6. The molecule has 0 saturated heterocycles. The number of hydrogen-bond donors (Lipinski definition) is 0. The molecule has 8 heteroatoms. The highest BCUT2D eigenvalue weighted by Crippen LogP contribution is 2.44. The topological polar surface area (TPSA) is 73.4 Å². The average Bonchev–Trinajstić information content (AvgIpc) is 3.81. The van der Waals surface area contributed by atoms with Gasteiger partial charge >= 0.3 is 6.09 Å². The predicted octanol–water partition coefficient (Wildman–Crippen LogP) is 10.3. The first-order valence-electron chi connectivity index (χ1n) is 24.0. The highest BCUT2D eigenvalue weighted by molar-refractivity contribution is 5.85. The van der Waals surface area contributed by atoms with Crippen LogP contribution in [0.3, 0.4) is 0 Å². The summed E-state index contributed by atoms with van der Waals surface area (Å²) in [4.78, 5) is 47.6. The number of amides is 3. The molecule has 0 bridgehead atoms. The minimum absolute atomic E-state index is 0.133. The van der Waals surface area contributed by atoms with Crippen molar-refractivity contribution < 1.29 is 19.1 Å². The Morgan fingerprint density at radius 2 is 1.30 bits per heavy atom. The Morgan fingerprint density at radius 3 is 1.90 bits per heavy atom. The Labute approximate surface area is 368 Å². The van der Waals surface area contributed by atoms with E-state index in [0.29, 0.717) is 30.2 Å². The molecular weight excluding hydrogens is 757 g/mol. The summed E-state index contributed by atoms with van der Waals surface area (Å²) in [7, 11) is 4.05. The molecule has 61 heavy (non-hydrogen) atoms. The van der Waals surface area contributed by atoms with Crippen LogP contribution in [0.15, 0.2) is 59.7 Å². The van der Waals surface area contributed by atoms with E-state index in [9.17, 15) is 14.4 Å². The van der Waals surface area contributed by atoms with Crippen molar-refractivity contribution in [3.8, 4) is 0 Å². The maximum absolute atomic E-state index is 13.7. The quantitative estimate of drug-likeness (QED) is 0.252. The van der Waals surface area contributed by atoms with Gasteiger partial charge in [-0.2, -0.15) is 0 Å². The number of carbonyl (C=O) groups excluding carboxylic acids is 3. The van der Waals surface area contributed by atoms with Crippen LogP contribution in [0.4, 0.5) is 4.79 Å². The van der Waals surface area contributed by atoms with Gasteiger partial charge in [-0.05, 0) is 180 Å². The molecule has 3 amide bonds. The molecule has 1 atom stereocenters. The van der Waals surface area contributed by atoms with Crippen molar-refractivity contribution in [3.63, 3.8) is 0 Å². The van der Waals surface area contributed by atoms with Crippen molar-refractivity contribution in [1.29, 1.82) is 0 Å². The van der Waals surface area contributed by atoms with Crippen molar-refractivity contribution >= 4 is 29.1 Å². The molecule has 6 aliphatic rings. The van der Waals surface area contributed by atoms with Gasteiger partial charge in [-0.1, -0.05) is 69.3 Å². The molecular formula is C53H76N4O4. The molecule has 8 rings (SSSR count). The molecule has 1 unspecified atom stereocenters. The van der Waals surface area contributed by atoms with E-state index in [0.717, 1.165) is 89.8 Å². The number of fused-ring (bicyclic) bond motifs is 4. The molecule has 2 aromatic carbocycles. The molecule has 8 nitrogen and oxygen atoms in total. The van der Waals surface area contributed by atoms with Gasteiger partial charge in [0.05, 0.1) is 6.04 Å². The summed E-state index contributed by atoms with van der Waals surface area (Å²) in [6.45, 7) is 18.1. The molecule has 0 radical (unpaired) electrons. The summed E-state index contributed by atoms with van der Waals surface area (Å²) in [5.74, 6) is 2.83. The van der Waals surface area contributed by atoms with Crippen LogP contribution in [0.2, 0.25) is 0 Å². The average molecular weight is 833 g/mol. The normalized spacial score (nSPS) is 24.8. The van der Waals surface area contributed by atoms with E-state index in [4.69, 9.17) is 4.74 Å². The highest BCUT2D eigenvalue weighted by Gasteiger charge is 2.41. The zero-order chi connectivity index (χ0) is 43.4. The second-order valence-corrected chi connectivity index (χ2v) is 20.8. The van der Waals surface area contributed by atoms with Crippen LogP contribution < -0.4 is 0 Å². The standard InChI is InChI=1S/C27H40N2O.C26H36N2O3/c1-5-15-28(4)18-20-10-12-21(13-11-20)27(30)29-16-14-24-23-9-7-6-8-22(23)17-25(24)26(29)19(2)3;1-26(2,3)31-25(30)27(4)16-18-9-11-19(12-10-18)24(29)28-14-13-23-21(17-28)15-20-7-5-6-8-22(20)23/h6-9,19-21,26H,5,10-18H2,1-4H3;5-8,18-19H,9-17H2,1-4H3. The van der Waals surface area contributed by atoms with E-state index in [1.807, 2.05) is 27.8 Å². The van der Waals surface area contributed by atoms with Crippen LogP contribution in [0.5, 0.6) is 0 Å². The third-order valence-corrected chi connectivity index (χ3v) is 14.6. The molecule has 0 N–H and O–H groups in total. The van der Waals surface area contributed by atoms with Crippen LogP contribution in [0.25, 0.3) is 11.1 Å². The largest absolute Gasteiger partial charge is 0.444 e. The summed E-state index contributed by atoms with van der Waals surface area (Å²) in [5, 5.41) is 0. The summed E-state index contributed by atoms with van der Waals surface area (Å²) in [6, 6.07) is 17.8. The monoisotopic (exact) mass is 833 g/mol. The first-order chi connectivity index (χ1) is 29.2. The molecule has 4 aliphatic carbocycles. The Balaban J connectivity index is 0.000000184. The zero-order valence-corrected chi connectivity index (χ0v) is 38.9. The van der Waals surface area contributed by atoms with Gasteiger partial charge in [0.25, 0.3) is 0 Å². The van der Waals surface area contributed by atoms with E-state index in [1.165, 1.54) is 76.9 Å². The summed E-state index contributed by atoms with van der Waals surface area (Å²) >= 11 is 0. The lowest BCUT2D eigenvalue weighted by Gasteiger charge is -2.42. The van der Waals surface area contributed by atoms with Crippen LogP contribution >= 0.6 is 0 Å². The van der Waals surface area contributed by atoms with Crippen molar-refractivity contribution in [3.05, 3.63) is 81.9 Å².